The Kier molecular flexibility index (Phi) is 11.2. The predicted octanol–water partition coefficient (Wildman–Crippen LogP) is 8.01. The van der Waals surface area contributed by atoms with Crippen molar-refractivity contribution in [3.05, 3.63) is 130 Å². The summed E-state index contributed by atoms with van der Waals surface area (Å²) in [4.78, 5) is 28.0. The number of allylic oxidation sites excluding steroid dienone is 6. The lowest BCUT2D eigenvalue weighted by atomic mass is 9.84. The average molecular weight is 657 g/mol. The monoisotopic (exact) mass is 656 g/mol. The third-order valence-corrected chi connectivity index (χ3v) is 10.5. The van der Waals surface area contributed by atoms with Gasteiger partial charge in [-0.3, -0.25) is 4.79 Å². The summed E-state index contributed by atoms with van der Waals surface area (Å²) in [6.45, 7) is 3.90. The SMILES string of the molecule is CC1=CC=C(S(=O)N(CC(=O)N(Cc2ccc(C3CCCCC3)cc2)c2ccc(C(=O)O)c(O)c2)Cc2ccc(F)cc2)C(C)C=C1. The largest absolute Gasteiger partial charge is 0.507 e. The molecule has 0 bridgehead atoms. The summed E-state index contributed by atoms with van der Waals surface area (Å²) in [5, 5.41) is 20.0. The highest BCUT2D eigenvalue weighted by molar-refractivity contribution is 7.86. The zero-order chi connectivity index (χ0) is 33.5. The van der Waals surface area contributed by atoms with E-state index in [4.69, 9.17) is 0 Å². The van der Waals surface area contributed by atoms with E-state index in [1.807, 2.05) is 50.3 Å². The number of anilines is 1. The number of halogens is 1. The zero-order valence-corrected chi connectivity index (χ0v) is 27.6. The minimum absolute atomic E-state index is 0.113. The van der Waals surface area contributed by atoms with Crippen LogP contribution in [0.5, 0.6) is 5.75 Å². The molecule has 1 saturated carbocycles. The van der Waals surface area contributed by atoms with Crippen molar-refractivity contribution >= 4 is 28.5 Å². The third-order valence-electron chi connectivity index (χ3n) is 8.85. The number of nitrogens with zero attached hydrogens (tertiary/aromatic N) is 2. The minimum Gasteiger partial charge on any atom is -0.507 e. The van der Waals surface area contributed by atoms with E-state index in [1.165, 1.54) is 72.9 Å². The zero-order valence-electron chi connectivity index (χ0n) is 26.8. The van der Waals surface area contributed by atoms with E-state index >= 15 is 0 Å². The number of carboxylic acid groups (broad SMARTS) is 1. The standard InChI is InChI=1S/C38H41FN2O5S/c1-26-8-10-27(2)36(21-9-26)47(46)40(23-28-13-17-32(39)18-14-28)25-37(43)41(33-19-20-34(38(44)45)35(42)22-33)24-29-11-15-31(16-12-29)30-6-4-3-5-7-30/h8-22,27,30,42H,3-7,23-25H2,1-2H3,(H,44,45). The van der Waals surface area contributed by atoms with Crippen LogP contribution >= 0.6 is 0 Å². The van der Waals surface area contributed by atoms with E-state index in [-0.39, 0.29) is 31.1 Å². The molecule has 0 heterocycles. The molecule has 0 radical (unpaired) electrons. The molecule has 2 unspecified atom stereocenters. The Bertz CT molecular complexity index is 1710. The maximum atomic E-state index is 14.3. The van der Waals surface area contributed by atoms with Crippen LogP contribution in [-0.2, 0) is 28.9 Å². The summed E-state index contributed by atoms with van der Waals surface area (Å²) in [6, 6.07) is 18.1. The molecule has 7 nitrogen and oxygen atoms in total. The van der Waals surface area contributed by atoms with Crippen molar-refractivity contribution in [2.24, 2.45) is 5.92 Å². The number of aromatic carboxylic acids is 1. The third kappa shape index (κ3) is 8.73. The Labute approximate surface area is 278 Å². The molecule has 2 aliphatic rings. The van der Waals surface area contributed by atoms with Crippen LogP contribution in [0, 0.1) is 11.7 Å². The summed E-state index contributed by atoms with van der Waals surface area (Å²) in [5.74, 6) is -2.17. The van der Waals surface area contributed by atoms with E-state index in [0.29, 0.717) is 22.1 Å². The number of aromatic hydroxyl groups is 1. The first-order valence-corrected chi connectivity index (χ1v) is 17.1. The molecule has 246 valence electrons. The highest BCUT2D eigenvalue weighted by atomic mass is 32.2. The lowest BCUT2D eigenvalue weighted by Crippen LogP contribution is -2.41. The van der Waals surface area contributed by atoms with Crippen LogP contribution in [0.2, 0.25) is 0 Å². The second-order valence-corrected chi connectivity index (χ2v) is 13.9. The first kappa shape index (κ1) is 34.0. The van der Waals surface area contributed by atoms with Gasteiger partial charge in [-0.05, 0) is 72.7 Å². The van der Waals surface area contributed by atoms with Gasteiger partial charge in [-0.2, -0.15) is 0 Å². The molecule has 47 heavy (non-hydrogen) atoms. The van der Waals surface area contributed by atoms with Crippen molar-refractivity contribution in [1.82, 2.24) is 4.31 Å². The number of hydrogen-bond donors (Lipinski definition) is 2. The molecular formula is C38H41FN2O5S. The summed E-state index contributed by atoms with van der Waals surface area (Å²) >= 11 is 0. The van der Waals surface area contributed by atoms with Gasteiger partial charge in [0.05, 0.1) is 13.1 Å². The van der Waals surface area contributed by atoms with Crippen molar-refractivity contribution in [2.75, 3.05) is 11.4 Å². The number of benzene rings is 3. The van der Waals surface area contributed by atoms with Gasteiger partial charge in [-0.15, -0.1) is 0 Å². The van der Waals surface area contributed by atoms with Crippen molar-refractivity contribution in [3.8, 4) is 5.75 Å². The van der Waals surface area contributed by atoms with Crippen LogP contribution in [0.3, 0.4) is 0 Å². The second kappa shape index (κ2) is 15.5. The van der Waals surface area contributed by atoms with Crippen LogP contribution in [0.15, 0.2) is 102 Å². The molecule has 1 amide bonds. The molecule has 0 aromatic heterocycles. The van der Waals surface area contributed by atoms with Crippen LogP contribution in [0.4, 0.5) is 10.1 Å². The molecule has 3 aromatic carbocycles. The first-order chi connectivity index (χ1) is 22.6. The Morgan fingerprint density at radius 2 is 1.57 bits per heavy atom. The number of hydrogen-bond acceptors (Lipinski definition) is 4. The van der Waals surface area contributed by atoms with Gasteiger partial charge in [-0.1, -0.05) is 86.4 Å². The molecule has 2 aliphatic carbocycles. The molecule has 1 fully saturated rings. The fourth-order valence-corrected chi connectivity index (χ4v) is 7.46. The summed E-state index contributed by atoms with van der Waals surface area (Å²) < 4.78 is 29.5. The van der Waals surface area contributed by atoms with Gasteiger partial charge >= 0.3 is 5.97 Å². The fourth-order valence-electron chi connectivity index (χ4n) is 6.09. The van der Waals surface area contributed by atoms with Crippen molar-refractivity contribution < 1.29 is 28.4 Å². The van der Waals surface area contributed by atoms with Gasteiger partial charge in [0.2, 0.25) is 5.91 Å². The summed E-state index contributed by atoms with van der Waals surface area (Å²) in [5.41, 5.74) is 3.87. The Hall–Kier alpha value is -4.34. The number of phenols is 1. The van der Waals surface area contributed by atoms with Crippen LogP contribution in [0.25, 0.3) is 0 Å². The topological polar surface area (TPSA) is 98.2 Å². The molecule has 3 aromatic rings. The van der Waals surface area contributed by atoms with E-state index in [0.717, 1.165) is 11.1 Å². The fraction of sp³-hybridized carbons (Fsp3) is 0.316. The minimum atomic E-state index is -1.74. The average Bonchev–Trinajstić information content (AvgIpc) is 3.24. The Morgan fingerprint density at radius 1 is 0.915 bits per heavy atom. The molecule has 2 atom stereocenters. The highest BCUT2D eigenvalue weighted by Crippen LogP contribution is 2.33. The number of carbonyl (C=O) groups excluding carboxylic acids is 1. The molecule has 0 spiro atoms. The quantitative estimate of drug-likeness (QED) is 0.218. The van der Waals surface area contributed by atoms with Gasteiger partial charge in [0.25, 0.3) is 0 Å². The lowest BCUT2D eigenvalue weighted by molar-refractivity contribution is -0.119. The maximum Gasteiger partial charge on any atom is 0.339 e. The molecule has 0 aliphatic heterocycles. The van der Waals surface area contributed by atoms with Gasteiger partial charge in [-0.25, -0.2) is 17.7 Å². The summed E-state index contributed by atoms with van der Waals surface area (Å²) in [7, 11) is -1.74. The number of rotatable bonds is 11. The number of amides is 1. The highest BCUT2D eigenvalue weighted by Gasteiger charge is 2.28. The first-order valence-electron chi connectivity index (χ1n) is 16.0. The van der Waals surface area contributed by atoms with E-state index in [2.05, 4.69) is 12.1 Å². The Balaban J connectivity index is 1.47. The van der Waals surface area contributed by atoms with Gasteiger partial charge in [0, 0.05) is 29.1 Å². The maximum absolute atomic E-state index is 14.3. The molecule has 0 saturated heterocycles. The normalized spacial score (nSPS) is 17.5. The Morgan fingerprint density at radius 3 is 2.23 bits per heavy atom. The number of carbonyl (C=O) groups is 2. The van der Waals surface area contributed by atoms with Gasteiger partial charge in [0.1, 0.15) is 28.1 Å². The van der Waals surface area contributed by atoms with Crippen LogP contribution in [-0.4, -0.2) is 37.1 Å². The van der Waals surface area contributed by atoms with Gasteiger partial charge in [0.15, 0.2) is 0 Å². The van der Waals surface area contributed by atoms with Crippen molar-refractivity contribution in [1.29, 1.82) is 0 Å². The molecule has 2 N–H and O–H groups in total. The molecule has 5 rings (SSSR count). The van der Waals surface area contributed by atoms with Crippen LogP contribution in [0.1, 0.15) is 78.9 Å². The predicted molar refractivity (Wildman–Crippen MR) is 184 cm³/mol. The van der Waals surface area contributed by atoms with E-state index < -0.39 is 34.4 Å². The molecular weight excluding hydrogens is 615 g/mol. The second-order valence-electron chi connectivity index (χ2n) is 12.4. The van der Waals surface area contributed by atoms with E-state index in [9.17, 15) is 28.4 Å². The lowest BCUT2D eigenvalue weighted by Gasteiger charge is -2.29. The van der Waals surface area contributed by atoms with E-state index in [1.54, 1.807) is 16.4 Å². The smallest absolute Gasteiger partial charge is 0.339 e. The van der Waals surface area contributed by atoms with Gasteiger partial charge < -0.3 is 15.1 Å². The van der Waals surface area contributed by atoms with Crippen molar-refractivity contribution in [2.45, 2.75) is 65.0 Å². The van der Waals surface area contributed by atoms with Crippen LogP contribution < -0.4 is 4.90 Å². The van der Waals surface area contributed by atoms with Crippen molar-refractivity contribution in [3.63, 3.8) is 0 Å². The number of carboxylic acids is 1. The molecule has 9 heteroatoms. The summed E-state index contributed by atoms with van der Waals surface area (Å²) in [6.07, 6.45) is 13.7.